The van der Waals surface area contributed by atoms with Gasteiger partial charge in [0.25, 0.3) is 10.2 Å². The van der Waals surface area contributed by atoms with Crippen LogP contribution in [0.15, 0.2) is 18.2 Å². The summed E-state index contributed by atoms with van der Waals surface area (Å²) >= 11 is 0. The smallest absolute Gasteiger partial charge is 0.299 e. The molecule has 1 fully saturated rings. The van der Waals surface area contributed by atoms with Gasteiger partial charge in [0.15, 0.2) is 0 Å². The van der Waals surface area contributed by atoms with Gasteiger partial charge in [0, 0.05) is 24.2 Å². The number of hydrogen-bond donors (Lipinski definition) is 2. The number of fused-ring (bicyclic) bond motifs is 1. The van der Waals surface area contributed by atoms with Crippen molar-refractivity contribution >= 4 is 27.5 Å². The summed E-state index contributed by atoms with van der Waals surface area (Å²) in [6, 6.07) is 5.25. The van der Waals surface area contributed by atoms with Gasteiger partial charge in [0.2, 0.25) is 5.91 Å². The van der Waals surface area contributed by atoms with Crippen LogP contribution in [0.2, 0.25) is 0 Å². The van der Waals surface area contributed by atoms with Gasteiger partial charge in [-0.1, -0.05) is 6.07 Å². The SMILES string of the molecule is CC(C)NS(=O)(=O)Nc1ccc2c(c1)N(C(=O)C1CC1)CCC2. The monoisotopic (exact) mass is 337 g/mol. The molecule has 2 aliphatic rings. The number of nitrogens with zero attached hydrogens (tertiary/aromatic N) is 1. The third kappa shape index (κ3) is 3.84. The van der Waals surface area contributed by atoms with Gasteiger partial charge < -0.3 is 4.90 Å². The minimum absolute atomic E-state index is 0.156. The third-order valence-corrected chi connectivity index (χ3v) is 5.33. The Hall–Kier alpha value is -1.60. The highest BCUT2D eigenvalue weighted by Crippen LogP contribution is 2.36. The Morgan fingerprint density at radius 2 is 2.04 bits per heavy atom. The van der Waals surface area contributed by atoms with Crippen molar-refractivity contribution in [2.45, 2.75) is 45.6 Å². The number of aryl methyl sites for hydroxylation is 1. The molecule has 0 spiro atoms. The predicted octanol–water partition coefficient (Wildman–Crippen LogP) is 2.03. The van der Waals surface area contributed by atoms with Crippen LogP contribution in [0.25, 0.3) is 0 Å². The quantitative estimate of drug-likeness (QED) is 0.863. The molecule has 1 aliphatic carbocycles. The van der Waals surface area contributed by atoms with Crippen LogP contribution in [0.5, 0.6) is 0 Å². The normalized spacial score (nSPS) is 18.0. The Kier molecular flexibility index (Phi) is 4.33. The molecule has 6 nitrogen and oxygen atoms in total. The number of hydrogen-bond acceptors (Lipinski definition) is 3. The van der Waals surface area contributed by atoms with Crippen molar-refractivity contribution in [1.82, 2.24) is 4.72 Å². The number of carbonyl (C=O) groups is 1. The second kappa shape index (κ2) is 6.13. The molecule has 0 bridgehead atoms. The van der Waals surface area contributed by atoms with Crippen LogP contribution in [0.1, 0.15) is 38.7 Å². The molecular weight excluding hydrogens is 314 g/mol. The maximum Gasteiger partial charge on any atom is 0.299 e. The van der Waals surface area contributed by atoms with E-state index in [1.165, 1.54) is 0 Å². The van der Waals surface area contributed by atoms with E-state index in [1.54, 1.807) is 26.0 Å². The number of carbonyl (C=O) groups excluding carboxylic acids is 1. The second-order valence-corrected chi connectivity index (χ2v) is 8.04. The Bertz CT molecular complexity index is 711. The first-order valence-electron chi connectivity index (χ1n) is 8.10. The van der Waals surface area contributed by atoms with Crippen molar-refractivity contribution in [2.24, 2.45) is 5.92 Å². The summed E-state index contributed by atoms with van der Waals surface area (Å²) in [6.45, 7) is 4.24. The van der Waals surface area contributed by atoms with E-state index < -0.39 is 10.2 Å². The Labute approximate surface area is 137 Å². The Morgan fingerprint density at radius 3 is 2.70 bits per heavy atom. The molecule has 7 heteroatoms. The van der Waals surface area contributed by atoms with Crippen molar-refractivity contribution in [3.05, 3.63) is 23.8 Å². The fourth-order valence-electron chi connectivity index (χ4n) is 2.91. The molecular formula is C16H23N3O3S. The summed E-state index contributed by atoms with van der Waals surface area (Å²) < 4.78 is 29.0. The lowest BCUT2D eigenvalue weighted by molar-refractivity contribution is -0.119. The summed E-state index contributed by atoms with van der Waals surface area (Å²) in [5.74, 6) is 0.329. The van der Waals surface area contributed by atoms with Crippen molar-refractivity contribution in [3.63, 3.8) is 0 Å². The maximum atomic E-state index is 12.4. The van der Waals surface area contributed by atoms with Gasteiger partial charge in [-0.3, -0.25) is 9.52 Å². The number of benzene rings is 1. The van der Waals surface area contributed by atoms with Crippen LogP contribution in [0, 0.1) is 5.92 Å². The molecule has 1 aromatic rings. The molecule has 126 valence electrons. The van der Waals surface area contributed by atoms with Crippen LogP contribution >= 0.6 is 0 Å². The Balaban J connectivity index is 1.85. The van der Waals surface area contributed by atoms with E-state index in [2.05, 4.69) is 9.44 Å². The minimum atomic E-state index is -3.61. The average molecular weight is 337 g/mol. The lowest BCUT2D eigenvalue weighted by atomic mass is 10.0. The molecule has 3 rings (SSSR count). The van der Waals surface area contributed by atoms with E-state index in [4.69, 9.17) is 0 Å². The van der Waals surface area contributed by atoms with Gasteiger partial charge in [-0.25, -0.2) is 0 Å². The van der Waals surface area contributed by atoms with E-state index in [0.717, 1.165) is 36.9 Å². The Morgan fingerprint density at radius 1 is 1.30 bits per heavy atom. The fraction of sp³-hybridized carbons (Fsp3) is 0.562. The van der Waals surface area contributed by atoms with Gasteiger partial charge in [0.1, 0.15) is 0 Å². The van der Waals surface area contributed by atoms with E-state index >= 15 is 0 Å². The molecule has 1 aromatic carbocycles. The molecule has 0 radical (unpaired) electrons. The first kappa shape index (κ1) is 16.3. The second-order valence-electron chi connectivity index (χ2n) is 6.59. The average Bonchev–Trinajstić information content (AvgIpc) is 3.28. The van der Waals surface area contributed by atoms with E-state index in [-0.39, 0.29) is 17.9 Å². The third-order valence-electron chi connectivity index (χ3n) is 4.04. The summed E-state index contributed by atoms with van der Waals surface area (Å²) in [5, 5.41) is 0. The van der Waals surface area contributed by atoms with Crippen molar-refractivity contribution in [3.8, 4) is 0 Å². The molecule has 1 aliphatic heterocycles. The fourth-order valence-corrected chi connectivity index (χ4v) is 4.03. The maximum absolute atomic E-state index is 12.4. The molecule has 0 unspecified atom stereocenters. The van der Waals surface area contributed by atoms with Gasteiger partial charge in [-0.2, -0.15) is 13.1 Å². The van der Waals surface area contributed by atoms with E-state index in [0.29, 0.717) is 12.2 Å². The van der Waals surface area contributed by atoms with Crippen molar-refractivity contribution < 1.29 is 13.2 Å². The molecule has 0 atom stereocenters. The lowest BCUT2D eigenvalue weighted by Gasteiger charge is -2.30. The molecule has 1 heterocycles. The van der Waals surface area contributed by atoms with Gasteiger partial charge in [-0.05, 0) is 57.2 Å². The number of anilines is 2. The van der Waals surface area contributed by atoms with Crippen LogP contribution < -0.4 is 14.3 Å². The summed E-state index contributed by atoms with van der Waals surface area (Å²) in [5.41, 5.74) is 2.43. The highest BCUT2D eigenvalue weighted by molar-refractivity contribution is 7.90. The number of amides is 1. The summed E-state index contributed by atoms with van der Waals surface area (Å²) in [4.78, 5) is 14.3. The largest absolute Gasteiger partial charge is 0.312 e. The van der Waals surface area contributed by atoms with E-state index in [1.807, 2.05) is 11.0 Å². The van der Waals surface area contributed by atoms with Gasteiger partial charge >= 0.3 is 0 Å². The molecule has 2 N–H and O–H groups in total. The molecule has 0 saturated heterocycles. The molecule has 1 amide bonds. The highest BCUT2D eigenvalue weighted by Gasteiger charge is 2.35. The zero-order valence-electron chi connectivity index (χ0n) is 13.5. The summed E-state index contributed by atoms with van der Waals surface area (Å²) in [7, 11) is -3.61. The van der Waals surface area contributed by atoms with Gasteiger partial charge in [0.05, 0.1) is 5.69 Å². The molecule has 0 aromatic heterocycles. The van der Waals surface area contributed by atoms with Crippen LogP contribution in [0.3, 0.4) is 0 Å². The molecule has 23 heavy (non-hydrogen) atoms. The topological polar surface area (TPSA) is 78.5 Å². The van der Waals surface area contributed by atoms with Crippen LogP contribution in [-0.4, -0.2) is 26.9 Å². The highest BCUT2D eigenvalue weighted by atomic mass is 32.2. The first-order chi connectivity index (χ1) is 10.9. The standard InChI is InChI=1S/C16H23N3O3S/c1-11(2)17-23(21,22)18-14-8-7-12-4-3-9-19(15(12)10-14)16(20)13-5-6-13/h7-8,10-11,13,17-18H,3-6,9H2,1-2H3. The van der Waals surface area contributed by atoms with Crippen LogP contribution in [0.4, 0.5) is 11.4 Å². The predicted molar refractivity (Wildman–Crippen MR) is 90.7 cm³/mol. The van der Waals surface area contributed by atoms with Crippen LogP contribution in [-0.2, 0) is 21.4 Å². The summed E-state index contributed by atoms with van der Waals surface area (Å²) in [6.07, 6.45) is 3.80. The zero-order chi connectivity index (χ0) is 16.6. The number of rotatable bonds is 5. The molecule has 1 saturated carbocycles. The van der Waals surface area contributed by atoms with Crippen molar-refractivity contribution in [2.75, 3.05) is 16.2 Å². The number of nitrogens with one attached hydrogen (secondary N) is 2. The van der Waals surface area contributed by atoms with E-state index in [9.17, 15) is 13.2 Å². The zero-order valence-corrected chi connectivity index (χ0v) is 14.3. The minimum Gasteiger partial charge on any atom is -0.312 e. The van der Waals surface area contributed by atoms with Gasteiger partial charge in [-0.15, -0.1) is 0 Å². The van der Waals surface area contributed by atoms with Crippen molar-refractivity contribution in [1.29, 1.82) is 0 Å². The first-order valence-corrected chi connectivity index (χ1v) is 9.58. The lowest BCUT2D eigenvalue weighted by Crippen LogP contribution is -2.37.